The molecule has 1 atom stereocenters. The molecule has 2 amide bonds. The molecule has 0 bridgehead atoms. The number of nitrogens with zero attached hydrogens (tertiary/aromatic N) is 1. The predicted octanol–water partition coefficient (Wildman–Crippen LogP) is 0.563. The number of likely N-dealkylation sites (tertiary alicyclic amines) is 1. The molecule has 1 fully saturated rings. The van der Waals surface area contributed by atoms with Gasteiger partial charge >= 0.3 is 6.03 Å². The van der Waals surface area contributed by atoms with Crippen molar-refractivity contribution in [2.24, 2.45) is 0 Å². The van der Waals surface area contributed by atoms with Crippen LogP contribution in [0, 0.1) is 0 Å². The molecule has 4 heteroatoms. The van der Waals surface area contributed by atoms with Gasteiger partial charge in [-0.25, -0.2) is 4.79 Å². The smallest absolute Gasteiger partial charge is 0.317 e. The minimum atomic E-state index is -0.0293. The Kier molecular flexibility index (Phi) is 4.02. The lowest BCUT2D eigenvalue weighted by Gasteiger charge is -2.23. The minimum Gasteiger partial charge on any atom is -0.394 e. The monoisotopic (exact) mass is 186 g/mol. The number of carbonyl (C=O) groups is 1. The van der Waals surface area contributed by atoms with Crippen LogP contribution in [-0.4, -0.2) is 41.8 Å². The second-order valence-electron chi connectivity index (χ2n) is 3.40. The van der Waals surface area contributed by atoms with E-state index in [0.29, 0.717) is 6.54 Å². The van der Waals surface area contributed by atoms with E-state index >= 15 is 0 Å². The molecule has 0 aromatic rings. The van der Waals surface area contributed by atoms with Crippen molar-refractivity contribution in [2.75, 3.05) is 19.7 Å². The molecular weight excluding hydrogens is 168 g/mol. The second kappa shape index (κ2) is 5.07. The molecular formula is C9H18N2O2. The third-order valence-corrected chi connectivity index (χ3v) is 2.37. The van der Waals surface area contributed by atoms with Crippen molar-refractivity contribution in [1.82, 2.24) is 10.2 Å². The highest BCUT2D eigenvalue weighted by atomic mass is 16.3. The molecule has 0 spiro atoms. The van der Waals surface area contributed by atoms with Crippen LogP contribution < -0.4 is 5.32 Å². The fourth-order valence-corrected chi connectivity index (χ4v) is 1.63. The highest BCUT2D eigenvalue weighted by Crippen LogP contribution is 2.16. The van der Waals surface area contributed by atoms with E-state index in [-0.39, 0.29) is 18.7 Å². The lowest BCUT2D eigenvalue weighted by atomic mass is 10.2. The summed E-state index contributed by atoms with van der Waals surface area (Å²) in [6.45, 7) is 3.60. The summed E-state index contributed by atoms with van der Waals surface area (Å²) < 4.78 is 0. The van der Waals surface area contributed by atoms with E-state index in [1.54, 1.807) is 4.90 Å². The highest BCUT2D eigenvalue weighted by Gasteiger charge is 2.27. The number of hydrogen-bond donors (Lipinski definition) is 2. The van der Waals surface area contributed by atoms with Gasteiger partial charge in [0.05, 0.1) is 12.6 Å². The Hall–Kier alpha value is -0.770. The second-order valence-corrected chi connectivity index (χ2v) is 3.40. The summed E-state index contributed by atoms with van der Waals surface area (Å²) in [5.41, 5.74) is 0. The van der Waals surface area contributed by atoms with Crippen LogP contribution >= 0.6 is 0 Å². The molecule has 0 radical (unpaired) electrons. The van der Waals surface area contributed by atoms with Gasteiger partial charge in [0.1, 0.15) is 0 Å². The van der Waals surface area contributed by atoms with Gasteiger partial charge in [-0.3, -0.25) is 0 Å². The molecule has 0 saturated carbocycles. The van der Waals surface area contributed by atoms with Gasteiger partial charge in [-0.05, 0) is 19.3 Å². The fraction of sp³-hybridized carbons (Fsp3) is 0.889. The molecule has 1 aliphatic rings. The van der Waals surface area contributed by atoms with Crippen LogP contribution in [0.25, 0.3) is 0 Å². The van der Waals surface area contributed by atoms with Gasteiger partial charge in [-0.2, -0.15) is 0 Å². The predicted molar refractivity (Wildman–Crippen MR) is 50.5 cm³/mol. The Morgan fingerprint density at radius 2 is 2.46 bits per heavy atom. The first-order valence-corrected chi connectivity index (χ1v) is 4.95. The highest BCUT2D eigenvalue weighted by molar-refractivity contribution is 5.74. The zero-order valence-electron chi connectivity index (χ0n) is 8.12. The van der Waals surface area contributed by atoms with Crippen molar-refractivity contribution in [3.8, 4) is 0 Å². The molecule has 1 rings (SSSR count). The van der Waals surface area contributed by atoms with Crippen LogP contribution in [0.1, 0.15) is 26.2 Å². The first kappa shape index (κ1) is 10.3. The summed E-state index contributed by atoms with van der Waals surface area (Å²) in [6.07, 6.45) is 2.88. The molecule has 1 heterocycles. The molecule has 4 nitrogen and oxygen atoms in total. The van der Waals surface area contributed by atoms with Crippen LogP contribution in [0.3, 0.4) is 0 Å². The summed E-state index contributed by atoms with van der Waals surface area (Å²) in [4.78, 5) is 13.2. The average Bonchev–Trinajstić information content (AvgIpc) is 2.61. The number of hydrogen-bond acceptors (Lipinski definition) is 2. The number of aliphatic hydroxyl groups excluding tert-OH is 1. The summed E-state index contributed by atoms with van der Waals surface area (Å²) in [5, 5.41) is 11.8. The molecule has 1 aliphatic heterocycles. The minimum absolute atomic E-state index is 0.0293. The van der Waals surface area contributed by atoms with E-state index in [9.17, 15) is 4.79 Å². The molecule has 0 aromatic heterocycles. The summed E-state index contributed by atoms with van der Waals surface area (Å²) >= 11 is 0. The van der Waals surface area contributed by atoms with Crippen molar-refractivity contribution in [2.45, 2.75) is 32.2 Å². The first-order chi connectivity index (χ1) is 6.29. The number of aliphatic hydroxyl groups is 1. The van der Waals surface area contributed by atoms with E-state index in [4.69, 9.17) is 5.11 Å². The molecule has 1 saturated heterocycles. The van der Waals surface area contributed by atoms with Crippen molar-refractivity contribution in [3.63, 3.8) is 0 Å². The van der Waals surface area contributed by atoms with Crippen molar-refractivity contribution in [3.05, 3.63) is 0 Å². The summed E-state index contributed by atoms with van der Waals surface area (Å²) in [5.74, 6) is 0. The van der Waals surface area contributed by atoms with Gasteiger partial charge in [0.2, 0.25) is 0 Å². The van der Waals surface area contributed by atoms with Crippen LogP contribution in [0.5, 0.6) is 0 Å². The molecule has 0 aromatic carbocycles. The topological polar surface area (TPSA) is 52.6 Å². The Morgan fingerprint density at radius 3 is 3.08 bits per heavy atom. The number of nitrogens with one attached hydrogen (secondary N) is 1. The zero-order valence-corrected chi connectivity index (χ0v) is 8.12. The Labute approximate surface area is 78.9 Å². The van der Waals surface area contributed by atoms with Crippen LogP contribution in [0.4, 0.5) is 4.79 Å². The van der Waals surface area contributed by atoms with Crippen molar-refractivity contribution < 1.29 is 9.90 Å². The summed E-state index contributed by atoms with van der Waals surface area (Å²) in [6, 6.07) is 0.00950. The molecule has 2 N–H and O–H groups in total. The van der Waals surface area contributed by atoms with Gasteiger partial charge in [-0.15, -0.1) is 0 Å². The fourth-order valence-electron chi connectivity index (χ4n) is 1.63. The first-order valence-electron chi connectivity index (χ1n) is 4.95. The van der Waals surface area contributed by atoms with Crippen LogP contribution in [0.15, 0.2) is 0 Å². The van der Waals surface area contributed by atoms with Crippen LogP contribution in [-0.2, 0) is 0 Å². The average molecular weight is 186 g/mol. The molecule has 76 valence electrons. The third-order valence-electron chi connectivity index (χ3n) is 2.37. The Morgan fingerprint density at radius 1 is 1.69 bits per heavy atom. The molecule has 13 heavy (non-hydrogen) atoms. The number of urea groups is 1. The van der Waals surface area contributed by atoms with Gasteiger partial charge in [-0.1, -0.05) is 6.92 Å². The lowest BCUT2D eigenvalue weighted by Crippen LogP contribution is -2.44. The van der Waals surface area contributed by atoms with E-state index < -0.39 is 0 Å². The van der Waals surface area contributed by atoms with Crippen molar-refractivity contribution >= 4 is 6.03 Å². The maximum atomic E-state index is 11.5. The molecule has 0 aliphatic carbocycles. The summed E-state index contributed by atoms with van der Waals surface area (Å²) in [7, 11) is 0. The normalized spacial score (nSPS) is 22.0. The van der Waals surface area contributed by atoms with E-state index in [1.807, 2.05) is 6.92 Å². The van der Waals surface area contributed by atoms with Gasteiger partial charge in [0, 0.05) is 13.1 Å². The number of rotatable bonds is 3. The van der Waals surface area contributed by atoms with Gasteiger partial charge in [0.15, 0.2) is 0 Å². The molecule has 0 unspecified atom stereocenters. The maximum Gasteiger partial charge on any atom is 0.317 e. The van der Waals surface area contributed by atoms with Crippen LogP contribution in [0.2, 0.25) is 0 Å². The quantitative estimate of drug-likeness (QED) is 0.676. The standard InChI is InChI=1S/C9H18N2O2/c1-2-5-10-9(13)11-6-3-4-8(11)7-12/h8,12H,2-7H2,1H3,(H,10,13)/t8-/m0/s1. The zero-order chi connectivity index (χ0) is 9.68. The Balaban J connectivity index is 2.36. The van der Waals surface area contributed by atoms with E-state index in [1.165, 1.54) is 0 Å². The number of carbonyl (C=O) groups excluding carboxylic acids is 1. The largest absolute Gasteiger partial charge is 0.394 e. The number of amides is 2. The van der Waals surface area contributed by atoms with Gasteiger partial charge in [0.25, 0.3) is 0 Å². The van der Waals surface area contributed by atoms with E-state index in [2.05, 4.69) is 5.32 Å². The van der Waals surface area contributed by atoms with Crippen molar-refractivity contribution in [1.29, 1.82) is 0 Å². The third kappa shape index (κ3) is 2.59. The Bertz CT molecular complexity index is 173. The lowest BCUT2D eigenvalue weighted by molar-refractivity contribution is 0.157. The maximum absolute atomic E-state index is 11.5. The van der Waals surface area contributed by atoms with E-state index in [0.717, 1.165) is 25.8 Å². The SMILES string of the molecule is CCCNC(=O)N1CCC[C@H]1CO. The van der Waals surface area contributed by atoms with Gasteiger partial charge < -0.3 is 15.3 Å².